The van der Waals surface area contributed by atoms with Crippen molar-refractivity contribution < 1.29 is 24.4 Å². The summed E-state index contributed by atoms with van der Waals surface area (Å²) in [5.74, 6) is -1.56. The van der Waals surface area contributed by atoms with Crippen LogP contribution in [0.5, 0.6) is 0 Å². The number of nitrogens with zero attached hydrogens (tertiary/aromatic N) is 2. The van der Waals surface area contributed by atoms with E-state index in [9.17, 15) is 24.8 Å². The molecule has 0 saturated carbocycles. The summed E-state index contributed by atoms with van der Waals surface area (Å²) in [5, 5.41) is 20.0. The van der Waals surface area contributed by atoms with Crippen LogP contribution in [0.25, 0.3) is 0 Å². The van der Waals surface area contributed by atoms with E-state index in [1.54, 1.807) is 0 Å². The molecule has 22 heavy (non-hydrogen) atoms. The smallest absolute Gasteiger partial charge is 0.326 e. The first-order chi connectivity index (χ1) is 10.3. The van der Waals surface area contributed by atoms with Gasteiger partial charge in [-0.1, -0.05) is 0 Å². The van der Waals surface area contributed by atoms with Gasteiger partial charge in [-0.2, -0.15) is 0 Å². The maximum atomic E-state index is 12.5. The number of nitro groups is 1. The number of likely N-dealkylation sites (tertiary alicyclic amines) is 1. The Morgan fingerprint density at radius 3 is 2.64 bits per heavy atom. The zero-order valence-corrected chi connectivity index (χ0v) is 12.2. The molecule has 2 unspecified atom stereocenters. The largest absolute Gasteiger partial charge is 0.480 e. The Bertz CT molecular complexity index is 630. The predicted octanol–water partition coefficient (Wildman–Crippen LogP) is 1.22. The minimum Gasteiger partial charge on any atom is -0.480 e. The third-order valence-electron chi connectivity index (χ3n) is 3.78. The molecule has 0 bridgehead atoms. The number of hydrogen-bond acceptors (Lipinski definition) is 5. The lowest BCUT2D eigenvalue weighted by molar-refractivity contribution is -0.385. The number of rotatable bonds is 4. The fourth-order valence-electron chi connectivity index (χ4n) is 2.59. The number of carbonyl (C=O) groups is 2. The Balaban J connectivity index is 2.28. The summed E-state index contributed by atoms with van der Waals surface area (Å²) in [4.78, 5) is 35.3. The Morgan fingerprint density at radius 2 is 2.14 bits per heavy atom. The van der Waals surface area contributed by atoms with Crippen molar-refractivity contribution in [1.82, 2.24) is 4.90 Å². The second-order valence-corrected chi connectivity index (χ2v) is 5.16. The van der Waals surface area contributed by atoms with Gasteiger partial charge in [0.15, 0.2) is 0 Å². The van der Waals surface area contributed by atoms with Crippen LogP contribution in [0.4, 0.5) is 5.69 Å². The zero-order valence-electron chi connectivity index (χ0n) is 12.2. The molecule has 1 heterocycles. The van der Waals surface area contributed by atoms with Crippen LogP contribution in [-0.2, 0) is 9.53 Å². The molecule has 1 aromatic carbocycles. The fraction of sp³-hybridized carbons (Fsp3) is 0.429. The van der Waals surface area contributed by atoms with Gasteiger partial charge in [0.1, 0.15) is 6.04 Å². The Kier molecular flexibility index (Phi) is 4.41. The van der Waals surface area contributed by atoms with Crippen LogP contribution in [0.2, 0.25) is 0 Å². The average molecular weight is 308 g/mol. The third-order valence-corrected chi connectivity index (χ3v) is 3.78. The van der Waals surface area contributed by atoms with Crippen molar-refractivity contribution in [2.75, 3.05) is 13.7 Å². The number of methoxy groups -OCH3 is 1. The van der Waals surface area contributed by atoms with E-state index in [1.165, 1.54) is 37.1 Å². The number of aryl methyl sites for hydroxylation is 1. The highest BCUT2D eigenvalue weighted by atomic mass is 16.6. The van der Waals surface area contributed by atoms with Crippen LogP contribution < -0.4 is 0 Å². The Morgan fingerprint density at radius 1 is 1.45 bits per heavy atom. The molecule has 1 amide bonds. The van der Waals surface area contributed by atoms with Crippen LogP contribution in [0.1, 0.15) is 22.3 Å². The molecule has 0 aliphatic carbocycles. The highest BCUT2D eigenvalue weighted by Crippen LogP contribution is 2.25. The molecule has 8 nitrogen and oxygen atoms in total. The van der Waals surface area contributed by atoms with Gasteiger partial charge in [-0.3, -0.25) is 14.9 Å². The van der Waals surface area contributed by atoms with E-state index < -0.39 is 22.8 Å². The number of benzene rings is 1. The first kappa shape index (κ1) is 15.9. The number of ether oxygens (including phenoxy) is 1. The molecular formula is C14H16N2O6. The molecule has 118 valence electrons. The van der Waals surface area contributed by atoms with Gasteiger partial charge < -0.3 is 14.7 Å². The van der Waals surface area contributed by atoms with Crippen molar-refractivity contribution in [2.24, 2.45) is 0 Å². The molecule has 0 aromatic heterocycles. The topological polar surface area (TPSA) is 110 Å². The standard InChI is InChI=1S/C14H16N2O6/c1-8-5-9(3-4-11(8)16(20)21)13(17)15-7-10(22-2)6-12(15)14(18)19/h3-5,10,12H,6-7H2,1-2H3,(H,18,19). The highest BCUT2D eigenvalue weighted by Gasteiger charge is 2.40. The van der Waals surface area contributed by atoms with Crippen molar-refractivity contribution in [2.45, 2.75) is 25.5 Å². The van der Waals surface area contributed by atoms with E-state index in [-0.39, 0.29) is 30.3 Å². The molecule has 1 aliphatic rings. The molecule has 2 rings (SSSR count). The predicted molar refractivity (Wildman–Crippen MR) is 75.7 cm³/mol. The first-order valence-corrected chi connectivity index (χ1v) is 6.66. The van der Waals surface area contributed by atoms with Gasteiger partial charge in [0.05, 0.1) is 11.0 Å². The maximum Gasteiger partial charge on any atom is 0.326 e. The number of hydrogen-bond donors (Lipinski definition) is 1. The minimum atomic E-state index is -1.09. The molecule has 8 heteroatoms. The molecule has 1 fully saturated rings. The summed E-state index contributed by atoms with van der Waals surface area (Å²) in [6.45, 7) is 1.72. The lowest BCUT2D eigenvalue weighted by atomic mass is 10.1. The molecule has 1 N–H and O–H groups in total. The summed E-state index contributed by atoms with van der Waals surface area (Å²) in [5.41, 5.74) is 0.499. The van der Waals surface area contributed by atoms with Crippen molar-refractivity contribution in [1.29, 1.82) is 0 Å². The fourth-order valence-corrected chi connectivity index (χ4v) is 2.59. The monoisotopic (exact) mass is 308 g/mol. The molecule has 0 spiro atoms. The van der Waals surface area contributed by atoms with Gasteiger partial charge in [0.2, 0.25) is 0 Å². The van der Waals surface area contributed by atoms with Gasteiger partial charge in [-0.15, -0.1) is 0 Å². The van der Waals surface area contributed by atoms with E-state index >= 15 is 0 Å². The summed E-state index contributed by atoms with van der Waals surface area (Å²) in [6.07, 6.45) is -0.104. The number of carboxylic acids is 1. The van der Waals surface area contributed by atoms with Crippen LogP contribution in [0.15, 0.2) is 18.2 Å². The van der Waals surface area contributed by atoms with Crippen molar-refractivity contribution in [3.63, 3.8) is 0 Å². The maximum absolute atomic E-state index is 12.5. The number of carbonyl (C=O) groups excluding carboxylic acids is 1. The number of carboxylic acid groups (broad SMARTS) is 1. The summed E-state index contributed by atoms with van der Waals surface area (Å²) < 4.78 is 5.14. The van der Waals surface area contributed by atoms with Gasteiger partial charge in [-0.05, 0) is 19.1 Å². The SMILES string of the molecule is COC1CC(C(=O)O)N(C(=O)c2ccc([N+](=O)[O-])c(C)c2)C1. The second-order valence-electron chi connectivity index (χ2n) is 5.16. The second kappa shape index (κ2) is 6.10. The summed E-state index contributed by atoms with van der Waals surface area (Å²) in [6, 6.07) is 3.04. The van der Waals surface area contributed by atoms with E-state index in [4.69, 9.17) is 4.74 Å². The lowest BCUT2D eigenvalue weighted by Crippen LogP contribution is -2.40. The summed E-state index contributed by atoms with van der Waals surface area (Å²) in [7, 11) is 1.47. The first-order valence-electron chi connectivity index (χ1n) is 6.66. The van der Waals surface area contributed by atoms with Crippen LogP contribution in [0.3, 0.4) is 0 Å². The number of nitro benzene ring substituents is 1. The Hall–Kier alpha value is -2.48. The molecule has 2 atom stereocenters. The van der Waals surface area contributed by atoms with E-state index in [1.807, 2.05) is 0 Å². The normalized spacial score (nSPS) is 20.9. The van der Waals surface area contributed by atoms with Crippen LogP contribution >= 0.6 is 0 Å². The van der Waals surface area contributed by atoms with Crippen molar-refractivity contribution >= 4 is 17.6 Å². The average Bonchev–Trinajstić information content (AvgIpc) is 2.90. The van der Waals surface area contributed by atoms with E-state index in [0.717, 1.165) is 0 Å². The lowest BCUT2D eigenvalue weighted by Gasteiger charge is -2.21. The zero-order chi connectivity index (χ0) is 16.4. The van der Waals surface area contributed by atoms with E-state index in [0.29, 0.717) is 5.56 Å². The van der Waals surface area contributed by atoms with Gasteiger partial charge in [0.25, 0.3) is 11.6 Å². The molecule has 1 saturated heterocycles. The molecule has 1 aromatic rings. The minimum absolute atomic E-state index is 0.0810. The molecule has 1 aliphatic heterocycles. The van der Waals surface area contributed by atoms with Crippen molar-refractivity contribution in [3.8, 4) is 0 Å². The number of aliphatic carboxylic acids is 1. The number of amides is 1. The van der Waals surface area contributed by atoms with E-state index in [2.05, 4.69) is 0 Å². The summed E-state index contributed by atoms with van der Waals surface area (Å²) >= 11 is 0. The third kappa shape index (κ3) is 2.91. The molecule has 0 radical (unpaired) electrons. The highest BCUT2D eigenvalue weighted by molar-refractivity contribution is 5.97. The van der Waals surface area contributed by atoms with Crippen molar-refractivity contribution in [3.05, 3.63) is 39.4 Å². The Labute approximate surface area is 126 Å². The molecular weight excluding hydrogens is 292 g/mol. The van der Waals surface area contributed by atoms with Gasteiger partial charge in [0, 0.05) is 37.3 Å². The van der Waals surface area contributed by atoms with Crippen LogP contribution in [-0.4, -0.2) is 52.6 Å². The quantitative estimate of drug-likeness (QED) is 0.661. The van der Waals surface area contributed by atoms with Crippen LogP contribution in [0, 0.1) is 17.0 Å². The van der Waals surface area contributed by atoms with Gasteiger partial charge >= 0.3 is 5.97 Å². The van der Waals surface area contributed by atoms with Gasteiger partial charge in [-0.25, -0.2) is 4.79 Å².